The number of hydrogen-bond acceptors (Lipinski definition) is 5. The SMILES string of the molecule is O=C(CCN1CCc2sccc2C1c1ccccc1)N1CCN(C(=O)CSc2ccccc2)CC1. The van der Waals surface area contributed by atoms with Crippen molar-refractivity contribution in [3.8, 4) is 0 Å². The molecule has 2 aliphatic rings. The highest BCUT2D eigenvalue weighted by Gasteiger charge is 2.30. The van der Waals surface area contributed by atoms with Crippen molar-refractivity contribution in [1.82, 2.24) is 14.7 Å². The second-order valence-electron chi connectivity index (χ2n) is 9.01. The van der Waals surface area contributed by atoms with Gasteiger partial charge in [-0.1, -0.05) is 48.5 Å². The molecule has 5 nitrogen and oxygen atoms in total. The average Bonchev–Trinajstić information content (AvgIpc) is 3.40. The van der Waals surface area contributed by atoms with Crippen LogP contribution in [0.2, 0.25) is 0 Å². The molecule has 3 heterocycles. The summed E-state index contributed by atoms with van der Waals surface area (Å²) in [6.45, 7) is 4.21. The molecule has 1 aromatic heterocycles. The number of amides is 2. The Labute approximate surface area is 215 Å². The first-order chi connectivity index (χ1) is 17.2. The Morgan fingerprint density at radius 2 is 1.49 bits per heavy atom. The summed E-state index contributed by atoms with van der Waals surface area (Å²) >= 11 is 3.41. The van der Waals surface area contributed by atoms with Gasteiger partial charge in [0.2, 0.25) is 11.8 Å². The summed E-state index contributed by atoms with van der Waals surface area (Å²) in [6.07, 6.45) is 1.56. The lowest BCUT2D eigenvalue weighted by molar-refractivity contribution is -0.138. The van der Waals surface area contributed by atoms with Crippen LogP contribution in [0.25, 0.3) is 0 Å². The molecule has 2 aliphatic heterocycles. The Morgan fingerprint density at radius 1 is 0.829 bits per heavy atom. The van der Waals surface area contributed by atoms with Gasteiger partial charge in [-0.3, -0.25) is 14.5 Å². The molecule has 1 unspecified atom stereocenters. The Balaban J connectivity index is 1.12. The van der Waals surface area contributed by atoms with Gasteiger partial charge in [-0.25, -0.2) is 0 Å². The Hall–Kier alpha value is -2.61. The van der Waals surface area contributed by atoms with Gasteiger partial charge >= 0.3 is 0 Å². The molecule has 1 saturated heterocycles. The predicted octanol–water partition coefficient (Wildman–Crippen LogP) is 4.55. The van der Waals surface area contributed by atoms with Gasteiger partial charge in [0.1, 0.15) is 0 Å². The summed E-state index contributed by atoms with van der Waals surface area (Å²) in [5.74, 6) is 0.786. The van der Waals surface area contributed by atoms with E-state index in [1.165, 1.54) is 16.0 Å². The molecule has 1 fully saturated rings. The summed E-state index contributed by atoms with van der Waals surface area (Å²) in [7, 11) is 0. The molecule has 3 aromatic rings. The zero-order valence-corrected chi connectivity index (χ0v) is 21.5. The number of thiophene rings is 1. The van der Waals surface area contributed by atoms with Crippen LogP contribution in [-0.2, 0) is 16.0 Å². The van der Waals surface area contributed by atoms with Crippen LogP contribution in [0.15, 0.2) is 77.0 Å². The molecule has 7 heteroatoms. The fourth-order valence-electron chi connectivity index (χ4n) is 4.99. The van der Waals surface area contributed by atoms with Crippen LogP contribution in [0.1, 0.15) is 28.5 Å². The second-order valence-corrected chi connectivity index (χ2v) is 11.1. The minimum atomic E-state index is 0.150. The van der Waals surface area contributed by atoms with E-state index >= 15 is 0 Å². The smallest absolute Gasteiger partial charge is 0.233 e. The molecule has 1 atom stereocenters. The highest BCUT2D eigenvalue weighted by molar-refractivity contribution is 8.00. The Bertz CT molecular complexity index is 1130. The highest BCUT2D eigenvalue weighted by atomic mass is 32.2. The van der Waals surface area contributed by atoms with Crippen LogP contribution in [0, 0.1) is 0 Å². The topological polar surface area (TPSA) is 43.9 Å². The summed E-state index contributed by atoms with van der Waals surface area (Å²) in [4.78, 5) is 34.6. The van der Waals surface area contributed by atoms with Gasteiger partial charge in [-0.15, -0.1) is 23.1 Å². The van der Waals surface area contributed by atoms with Gasteiger partial charge in [0.15, 0.2) is 0 Å². The number of fused-ring (bicyclic) bond motifs is 1. The summed E-state index contributed by atoms with van der Waals surface area (Å²) < 4.78 is 0. The van der Waals surface area contributed by atoms with E-state index in [0.29, 0.717) is 38.4 Å². The molecule has 35 heavy (non-hydrogen) atoms. The van der Waals surface area contributed by atoms with Gasteiger partial charge in [-0.05, 0) is 41.1 Å². The van der Waals surface area contributed by atoms with Crippen LogP contribution < -0.4 is 0 Å². The third-order valence-corrected chi connectivity index (χ3v) is 8.88. The fourth-order valence-corrected chi connectivity index (χ4v) is 6.72. The van der Waals surface area contributed by atoms with Crippen molar-refractivity contribution in [2.45, 2.75) is 23.8 Å². The first-order valence-electron chi connectivity index (χ1n) is 12.3. The van der Waals surface area contributed by atoms with E-state index in [2.05, 4.69) is 46.7 Å². The van der Waals surface area contributed by atoms with Crippen LogP contribution >= 0.6 is 23.1 Å². The maximum Gasteiger partial charge on any atom is 0.233 e. The number of nitrogens with zero attached hydrogens (tertiary/aromatic N) is 3. The van der Waals surface area contributed by atoms with E-state index in [4.69, 9.17) is 0 Å². The monoisotopic (exact) mass is 505 g/mol. The lowest BCUT2D eigenvalue weighted by atomic mass is 9.93. The molecule has 0 spiro atoms. The van der Waals surface area contributed by atoms with Crippen LogP contribution in [0.5, 0.6) is 0 Å². The van der Waals surface area contributed by atoms with Gasteiger partial charge in [0, 0.05) is 55.5 Å². The molecular weight excluding hydrogens is 474 g/mol. The first kappa shape index (κ1) is 24.1. The third kappa shape index (κ3) is 5.80. The molecule has 182 valence electrons. The van der Waals surface area contributed by atoms with Gasteiger partial charge in [0.25, 0.3) is 0 Å². The van der Waals surface area contributed by atoms with E-state index < -0.39 is 0 Å². The maximum atomic E-state index is 13.1. The van der Waals surface area contributed by atoms with E-state index in [1.54, 1.807) is 11.8 Å². The van der Waals surface area contributed by atoms with Crippen molar-refractivity contribution < 1.29 is 9.59 Å². The molecule has 0 bridgehead atoms. The Kier molecular flexibility index (Phi) is 7.86. The van der Waals surface area contributed by atoms with Crippen molar-refractivity contribution in [3.63, 3.8) is 0 Å². The molecule has 0 saturated carbocycles. The number of hydrogen-bond donors (Lipinski definition) is 0. The van der Waals surface area contributed by atoms with Gasteiger partial charge < -0.3 is 9.80 Å². The number of benzene rings is 2. The molecule has 5 rings (SSSR count). The summed E-state index contributed by atoms with van der Waals surface area (Å²) in [5.41, 5.74) is 2.68. The zero-order valence-electron chi connectivity index (χ0n) is 19.8. The quantitative estimate of drug-likeness (QED) is 0.442. The standard InChI is InChI=1S/C28H31N3O2S2/c32-26(29-16-18-30(19-17-29)27(33)21-35-23-9-5-2-6-10-23)12-15-31-14-11-25-24(13-20-34-25)28(31)22-7-3-1-4-8-22/h1-10,13,20,28H,11-12,14-19,21H2. The zero-order chi connectivity index (χ0) is 24.0. The molecule has 0 N–H and O–H groups in total. The highest BCUT2D eigenvalue weighted by Crippen LogP contribution is 2.37. The van der Waals surface area contributed by atoms with E-state index in [0.717, 1.165) is 24.4 Å². The number of thioether (sulfide) groups is 1. The Morgan fingerprint density at radius 3 is 2.20 bits per heavy atom. The summed E-state index contributed by atoms with van der Waals surface area (Å²) in [5, 5.41) is 2.19. The fraction of sp³-hybridized carbons (Fsp3) is 0.357. The average molecular weight is 506 g/mol. The maximum absolute atomic E-state index is 13.1. The van der Waals surface area contributed by atoms with Crippen molar-refractivity contribution in [1.29, 1.82) is 0 Å². The number of carbonyl (C=O) groups is 2. The minimum absolute atomic E-state index is 0.150. The molecule has 0 aliphatic carbocycles. The molecule has 2 aromatic carbocycles. The van der Waals surface area contributed by atoms with Crippen LogP contribution in [-0.4, -0.2) is 71.5 Å². The van der Waals surface area contributed by atoms with Gasteiger partial charge in [0.05, 0.1) is 11.8 Å². The largest absolute Gasteiger partial charge is 0.339 e. The second kappa shape index (κ2) is 11.4. The van der Waals surface area contributed by atoms with Crippen molar-refractivity contribution in [2.75, 3.05) is 45.0 Å². The molecule has 2 amide bonds. The van der Waals surface area contributed by atoms with Crippen molar-refractivity contribution in [2.24, 2.45) is 0 Å². The van der Waals surface area contributed by atoms with E-state index in [-0.39, 0.29) is 17.9 Å². The lowest BCUT2D eigenvalue weighted by Gasteiger charge is -2.38. The molecule has 0 radical (unpaired) electrons. The summed E-state index contributed by atoms with van der Waals surface area (Å²) in [6, 6.07) is 23.1. The minimum Gasteiger partial charge on any atom is -0.339 e. The number of rotatable bonds is 7. The number of carbonyl (C=O) groups excluding carboxylic acids is 2. The van der Waals surface area contributed by atoms with Crippen LogP contribution in [0.4, 0.5) is 0 Å². The number of piperazine rings is 1. The van der Waals surface area contributed by atoms with Crippen LogP contribution in [0.3, 0.4) is 0 Å². The van der Waals surface area contributed by atoms with Gasteiger partial charge in [-0.2, -0.15) is 0 Å². The lowest BCUT2D eigenvalue weighted by Crippen LogP contribution is -2.51. The van der Waals surface area contributed by atoms with Crippen molar-refractivity contribution in [3.05, 3.63) is 88.1 Å². The normalized spacial score (nSPS) is 18.3. The molecular formula is C28H31N3O2S2. The van der Waals surface area contributed by atoms with E-state index in [1.807, 2.05) is 51.5 Å². The first-order valence-corrected chi connectivity index (χ1v) is 14.1. The predicted molar refractivity (Wildman–Crippen MR) is 143 cm³/mol. The van der Waals surface area contributed by atoms with E-state index in [9.17, 15) is 9.59 Å². The third-order valence-electron chi connectivity index (χ3n) is 6.88. The van der Waals surface area contributed by atoms with Crippen molar-refractivity contribution >= 4 is 34.9 Å².